The fourth-order valence-electron chi connectivity index (χ4n) is 2.23. The van der Waals surface area contributed by atoms with Crippen LogP contribution in [0.4, 0.5) is 0 Å². The molecule has 1 rings (SSSR count). The zero-order valence-corrected chi connectivity index (χ0v) is 11.6. The number of hydrogen-bond acceptors (Lipinski definition) is 2. The number of aryl methyl sites for hydroxylation is 1. The largest absolute Gasteiger partial charge is 0.469 e. The van der Waals surface area contributed by atoms with Crippen LogP contribution in [0.15, 0.2) is 16.7 Å². The topological polar surface area (TPSA) is 25.2 Å². The summed E-state index contributed by atoms with van der Waals surface area (Å²) in [7, 11) is 0. The van der Waals surface area contributed by atoms with E-state index in [4.69, 9.17) is 4.42 Å². The van der Waals surface area contributed by atoms with E-state index < -0.39 is 0 Å². The van der Waals surface area contributed by atoms with Gasteiger partial charge in [0.1, 0.15) is 5.76 Å². The van der Waals surface area contributed by atoms with Gasteiger partial charge < -0.3 is 9.73 Å². The van der Waals surface area contributed by atoms with Crippen molar-refractivity contribution < 1.29 is 4.42 Å². The Morgan fingerprint density at radius 1 is 1.18 bits per heavy atom. The number of nitrogens with one attached hydrogen (secondary N) is 1. The number of hydrogen-bond donors (Lipinski definition) is 1. The van der Waals surface area contributed by atoms with Crippen LogP contribution in [0.1, 0.15) is 70.2 Å². The van der Waals surface area contributed by atoms with E-state index in [2.05, 4.69) is 32.2 Å². The molecule has 0 bridgehead atoms. The monoisotopic (exact) mass is 237 g/mol. The first-order chi connectivity index (χ1) is 8.33. The van der Waals surface area contributed by atoms with Crippen molar-refractivity contribution in [1.29, 1.82) is 0 Å². The van der Waals surface area contributed by atoms with Crippen LogP contribution in [0.2, 0.25) is 0 Å². The van der Waals surface area contributed by atoms with Gasteiger partial charge in [-0.15, -0.1) is 0 Å². The van der Waals surface area contributed by atoms with E-state index in [-0.39, 0.29) is 0 Å². The Kier molecular flexibility index (Phi) is 7.02. The van der Waals surface area contributed by atoms with Gasteiger partial charge in [-0.2, -0.15) is 0 Å². The summed E-state index contributed by atoms with van der Waals surface area (Å²) in [5.74, 6) is 1.15. The Morgan fingerprint density at radius 3 is 2.65 bits per heavy atom. The summed E-state index contributed by atoms with van der Waals surface area (Å²) in [6, 6.07) is 2.62. The van der Waals surface area contributed by atoms with Crippen LogP contribution in [-0.2, 0) is 6.42 Å². The van der Waals surface area contributed by atoms with Crippen LogP contribution in [0.3, 0.4) is 0 Å². The molecule has 0 amide bonds. The van der Waals surface area contributed by atoms with Gasteiger partial charge in [0.05, 0.1) is 6.26 Å². The van der Waals surface area contributed by atoms with Crippen LogP contribution >= 0.6 is 0 Å². The third-order valence-corrected chi connectivity index (χ3v) is 3.21. The standard InChI is InChI=1S/C15H27NO/c1-4-7-8-9-14(16-11-5-2)13-10-12-17-15(13)6-3/h10,12,14,16H,4-9,11H2,1-3H3. The minimum Gasteiger partial charge on any atom is -0.469 e. The first-order valence-corrected chi connectivity index (χ1v) is 7.13. The van der Waals surface area contributed by atoms with Gasteiger partial charge in [0.15, 0.2) is 0 Å². The van der Waals surface area contributed by atoms with Gasteiger partial charge in [0, 0.05) is 18.0 Å². The third-order valence-electron chi connectivity index (χ3n) is 3.21. The number of rotatable bonds is 9. The maximum absolute atomic E-state index is 5.54. The average molecular weight is 237 g/mol. The maximum Gasteiger partial charge on any atom is 0.108 e. The Balaban J connectivity index is 2.60. The van der Waals surface area contributed by atoms with Crippen LogP contribution in [-0.4, -0.2) is 6.54 Å². The predicted octanol–water partition coefficient (Wildman–Crippen LogP) is 4.46. The van der Waals surface area contributed by atoms with Crippen molar-refractivity contribution in [3.05, 3.63) is 23.7 Å². The molecule has 2 nitrogen and oxygen atoms in total. The Bertz CT molecular complexity index is 293. The molecule has 0 radical (unpaired) electrons. The van der Waals surface area contributed by atoms with Crippen molar-refractivity contribution in [3.63, 3.8) is 0 Å². The average Bonchev–Trinajstić information content (AvgIpc) is 2.81. The first kappa shape index (κ1) is 14.3. The van der Waals surface area contributed by atoms with Gasteiger partial charge in [-0.1, -0.05) is 40.0 Å². The molecule has 1 aromatic heterocycles. The normalized spacial score (nSPS) is 12.9. The Hall–Kier alpha value is -0.760. The zero-order chi connectivity index (χ0) is 12.5. The van der Waals surface area contributed by atoms with Gasteiger partial charge in [-0.3, -0.25) is 0 Å². The molecule has 0 aliphatic carbocycles. The minimum atomic E-state index is 0.482. The molecule has 1 N–H and O–H groups in total. The molecule has 0 aliphatic heterocycles. The number of unbranched alkanes of at least 4 members (excludes halogenated alkanes) is 2. The van der Waals surface area contributed by atoms with Gasteiger partial charge in [0.2, 0.25) is 0 Å². The summed E-state index contributed by atoms with van der Waals surface area (Å²) >= 11 is 0. The fraction of sp³-hybridized carbons (Fsp3) is 0.733. The summed E-state index contributed by atoms with van der Waals surface area (Å²) in [5, 5.41) is 3.65. The molecular formula is C15H27NO. The highest BCUT2D eigenvalue weighted by atomic mass is 16.3. The molecule has 0 aliphatic rings. The van der Waals surface area contributed by atoms with Crippen molar-refractivity contribution >= 4 is 0 Å². The molecule has 98 valence electrons. The molecule has 0 aromatic carbocycles. The van der Waals surface area contributed by atoms with E-state index in [9.17, 15) is 0 Å². The summed E-state index contributed by atoms with van der Waals surface area (Å²) < 4.78 is 5.54. The first-order valence-electron chi connectivity index (χ1n) is 7.13. The molecule has 1 unspecified atom stereocenters. The molecule has 1 atom stereocenters. The predicted molar refractivity (Wildman–Crippen MR) is 73.3 cm³/mol. The molecule has 0 fully saturated rings. The van der Waals surface area contributed by atoms with Crippen molar-refractivity contribution in [2.75, 3.05) is 6.54 Å². The molecule has 17 heavy (non-hydrogen) atoms. The quantitative estimate of drug-likeness (QED) is 0.641. The lowest BCUT2D eigenvalue weighted by Gasteiger charge is -2.18. The molecule has 2 heteroatoms. The van der Waals surface area contributed by atoms with Gasteiger partial charge in [-0.25, -0.2) is 0 Å². The lowest BCUT2D eigenvalue weighted by Crippen LogP contribution is -2.22. The van der Waals surface area contributed by atoms with Gasteiger partial charge in [-0.05, 0) is 25.5 Å². The molecular weight excluding hydrogens is 210 g/mol. The lowest BCUT2D eigenvalue weighted by atomic mass is 10.00. The second-order valence-corrected chi connectivity index (χ2v) is 4.66. The SMILES string of the molecule is CCCCCC(NCCC)c1ccoc1CC. The second-order valence-electron chi connectivity index (χ2n) is 4.66. The van der Waals surface area contributed by atoms with E-state index >= 15 is 0 Å². The van der Waals surface area contributed by atoms with E-state index in [1.807, 2.05) is 6.26 Å². The molecule has 0 saturated heterocycles. The number of furan rings is 1. The summed E-state index contributed by atoms with van der Waals surface area (Å²) in [4.78, 5) is 0. The maximum atomic E-state index is 5.54. The van der Waals surface area contributed by atoms with Crippen molar-refractivity contribution in [3.8, 4) is 0 Å². The summed E-state index contributed by atoms with van der Waals surface area (Å²) in [6.07, 6.45) is 9.13. The van der Waals surface area contributed by atoms with E-state index in [0.29, 0.717) is 6.04 Å². The van der Waals surface area contributed by atoms with Crippen molar-refractivity contribution in [2.24, 2.45) is 0 Å². The smallest absolute Gasteiger partial charge is 0.108 e. The van der Waals surface area contributed by atoms with Crippen LogP contribution in [0.25, 0.3) is 0 Å². The highest BCUT2D eigenvalue weighted by molar-refractivity contribution is 5.21. The highest BCUT2D eigenvalue weighted by Gasteiger charge is 2.15. The zero-order valence-electron chi connectivity index (χ0n) is 11.6. The van der Waals surface area contributed by atoms with Crippen LogP contribution in [0.5, 0.6) is 0 Å². The Morgan fingerprint density at radius 2 is 2.00 bits per heavy atom. The third kappa shape index (κ3) is 4.55. The minimum absolute atomic E-state index is 0.482. The van der Waals surface area contributed by atoms with Crippen LogP contribution in [0, 0.1) is 0 Å². The molecule has 1 heterocycles. The van der Waals surface area contributed by atoms with E-state index in [0.717, 1.165) is 18.7 Å². The van der Waals surface area contributed by atoms with Gasteiger partial charge >= 0.3 is 0 Å². The summed E-state index contributed by atoms with van der Waals surface area (Å²) in [6.45, 7) is 7.71. The fourth-order valence-corrected chi connectivity index (χ4v) is 2.23. The summed E-state index contributed by atoms with van der Waals surface area (Å²) in [5.41, 5.74) is 1.37. The van der Waals surface area contributed by atoms with Crippen molar-refractivity contribution in [2.45, 2.75) is 65.3 Å². The highest BCUT2D eigenvalue weighted by Crippen LogP contribution is 2.24. The van der Waals surface area contributed by atoms with Crippen molar-refractivity contribution in [1.82, 2.24) is 5.32 Å². The molecule has 1 aromatic rings. The molecule has 0 spiro atoms. The van der Waals surface area contributed by atoms with Gasteiger partial charge in [0.25, 0.3) is 0 Å². The van der Waals surface area contributed by atoms with Crippen LogP contribution < -0.4 is 5.32 Å². The molecule has 0 saturated carbocycles. The van der Waals surface area contributed by atoms with E-state index in [1.54, 1.807) is 0 Å². The second kappa shape index (κ2) is 8.35. The van der Waals surface area contributed by atoms with E-state index in [1.165, 1.54) is 37.7 Å². The Labute approximate surface area is 106 Å². The lowest BCUT2D eigenvalue weighted by molar-refractivity contribution is 0.453.